The Balaban J connectivity index is 1.04. The van der Waals surface area contributed by atoms with Crippen LogP contribution in [0.1, 0.15) is 0 Å². The van der Waals surface area contributed by atoms with E-state index >= 15 is 0 Å². The summed E-state index contributed by atoms with van der Waals surface area (Å²) in [5.74, 6) is 1.79. The minimum Gasteiger partial charge on any atom is -0.456 e. The summed E-state index contributed by atoms with van der Waals surface area (Å²) < 4.78 is 15.6. The van der Waals surface area contributed by atoms with E-state index in [0.29, 0.717) is 17.5 Å². The molecule has 4 aromatic heterocycles. The van der Waals surface area contributed by atoms with E-state index in [9.17, 15) is 0 Å². The summed E-state index contributed by atoms with van der Waals surface area (Å²) in [4.78, 5) is 15.1. The standard InChI is InChI=1S/C51H30N4O2/c1-3-13-31(14-4-1)33-17-11-18-34(29-33)50-52-49(32-15-5-2-6-16-32)53-51(54-50)35-25-26-39-45(30-35)56-44-24-12-22-41(46(39)44)55-40-21-9-7-20-38(40)47-42(55)28-27-37-36-19-8-10-23-43(36)57-48(37)47/h1-30H. The molecule has 0 aliphatic rings. The van der Waals surface area contributed by atoms with Crippen LogP contribution in [-0.4, -0.2) is 19.5 Å². The molecule has 0 spiro atoms. The van der Waals surface area contributed by atoms with Crippen LogP contribution in [0.5, 0.6) is 0 Å². The summed E-state index contributed by atoms with van der Waals surface area (Å²) in [6.45, 7) is 0. The minimum absolute atomic E-state index is 0.573. The highest BCUT2D eigenvalue weighted by Gasteiger charge is 2.22. The van der Waals surface area contributed by atoms with Gasteiger partial charge < -0.3 is 13.4 Å². The van der Waals surface area contributed by atoms with Crippen LogP contribution in [0.2, 0.25) is 0 Å². The number of hydrogen-bond acceptors (Lipinski definition) is 5. The van der Waals surface area contributed by atoms with Crippen molar-refractivity contribution in [2.45, 2.75) is 0 Å². The van der Waals surface area contributed by atoms with Gasteiger partial charge in [-0.25, -0.2) is 15.0 Å². The van der Waals surface area contributed by atoms with Gasteiger partial charge in [-0.15, -0.1) is 0 Å². The van der Waals surface area contributed by atoms with Crippen LogP contribution in [0.15, 0.2) is 191 Å². The largest absolute Gasteiger partial charge is 0.456 e. The quantitative estimate of drug-likeness (QED) is 0.176. The van der Waals surface area contributed by atoms with E-state index < -0.39 is 0 Å². The van der Waals surface area contributed by atoms with Crippen molar-refractivity contribution < 1.29 is 8.83 Å². The number of furan rings is 2. The maximum absolute atomic E-state index is 6.68. The Kier molecular flexibility index (Phi) is 6.83. The van der Waals surface area contributed by atoms with Gasteiger partial charge in [-0.3, -0.25) is 0 Å². The van der Waals surface area contributed by atoms with Gasteiger partial charge in [0.25, 0.3) is 0 Å². The van der Waals surface area contributed by atoms with Crippen molar-refractivity contribution in [1.82, 2.24) is 19.5 Å². The smallest absolute Gasteiger partial charge is 0.164 e. The first-order valence-corrected chi connectivity index (χ1v) is 19.0. The number of aromatic nitrogens is 4. The fourth-order valence-electron chi connectivity index (χ4n) is 8.45. The molecule has 0 radical (unpaired) electrons. The SMILES string of the molecule is c1ccc(-c2cccc(-c3nc(-c4ccccc4)nc(-c4ccc5c(c4)oc4cccc(-n6c7ccccc7c7c8oc9ccccc9c8ccc76)c45)n3)c2)cc1. The van der Waals surface area contributed by atoms with E-state index in [1.165, 1.54) is 0 Å². The average Bonchev–Trinajstić information content (AvgIpc) is 3.96. The normalized spacial score (nSPS) is 11.9. The molecule has 0 fully saturated rings. The van der Waals surface area contributed by atoms with E-state index in [0.717, 1.165) is 99.2 Å². The van der Waals surface area contributed by atoms with Gasteiger partial charge in [0.2, 0.25) is 0 Å². The molecule has 8 aromatic carbocycles. The van der Waals surface area contributed by atoms with E-state index in [2.05, 4.69) is 132 Å². The maximum atomic E-state index is 6.68. The lowest BCUT2D eigenvalue weighted by Crippen LogP contribution is -2.00. The molecule has 0 aliphatic carbocycles. The summed E-state index contributed by atoms with van der Waals surface area (Å²) in [5.41, 5.74) is 11.5. The van der Waals surface area contributed by atoms with Gasteiger partial charge in [0.15, 0.2) is 17.5 Å². The maximum Gasteiger partial charge on any atom is 0.164 e. The molecule has 12 rings (SSSR count). The van der Waals surface area contributed by atoms with Crippen molar-refractivity contribution in [1.29, 1.82) is 0 Å². The third kappa shape index (κ3) is 4.94. The highest BCUT2D eigenvalue weighted by Crippen LogP contribution is 2.43. The molecule has 0 atom stereocenters. The monoisotopic (exact) mass is 730 g/mol. The summed E-state index contributed by atoms with van der Waals surface area (Å²) in [6, 6.07) is 62.5. The number of benzene rings is 8. The van der Waals surface area contributed by atoms with Crippen molar-refractivity contribution >= 4 is 65.7 Å². The highest BCUT2D eigenvalue weighted by atomic mass is 16.3. The Morgan fingerprint density at radius 3 is 1.77 bits per heavy atom. The van der Waals surface area contributed by atoms with Crippen LogP contribution in [0.4, 0.5) is 0 Å². The van der Waals surface area contributed by atoms with E-state index in [1.807, 2.05) is 54.6 Å². The summed E-state index contributed by atoms with van der Waals surface area (Å²) >= 11 is 0. The predicted octanol–water partition coefficient (Wildman–Crippen LogP) is 13.4. The first-order valence-electron chi connectivity index (χ1n) is 19.0. The van der Waals surface area contributed by atoms with Gasteiger partial charge >= 0.3 is 0 Å². The lowest BCUT2D eigenvalue weighted by atomic mass is 10.0. The van der Waals surface area contributed by atoms with Gasteiger partial charge in [0.1, 0.15) is 22.3 Å². The number of para-hydroxylation sites is 2. The number of rotatable bonds is 5. The van der Waals surface area contributed by atoms with Crippen LogP contribution < -0.4 is 0 Å². The zero-order chi connectivity index (χ0) is 37.5. The molecule has 57 heavy (non-hydrogen) atoms. The van der Waals surface area contributed by atoms with Gasteiger partial charge in [-0.1, -0.05) is 127 Å². The number of nitrogens with zero attached hydrogens (tertiary/aromatic N) is 4. The molecule has 0 saturated carbocycles. The molecular weight excluding hydrogens is 701 g/mol. The highest BCUT2D eigenvalue weighted by molar-refractivity contribution is 6.24. The second-order valence-corrected chi connectivity index (χ2v) is 14.4. The van der Waals surface area contributed by atoms with E-state index in [1.54, 1.807) is 0 Å². The van der Waals surface area contributed by atoms with Gasteiger partial charge in [-0.2, -0.15) is 0 Å². The third-order valence-electron chi connectivity index (χ3n) is 11.0. The van der Waals surface area contributed by atoms with Crippen LogP contribution in [0, 0.1) is 0 Å². The molecule has 0 unspecified atom stereocenters. The van der Waals surface area contributed by atoms with Crippen LogP contribution >= 0.6 is 0 Å². The topological polar surface area (TPSA) is 69.9 Å². The Bertz CT molecular complexity index is 3530. The van der Waals surface area contributed by atoms with Crippen molar-refractivity contribution in [3.05, 3.63) is 182 Å². The summed E-state index contributed by atoms with van der Waals surface area (Å²) in [7, 11) is 0. The Hall–Kier alpha value is -7.83. The molecule has 0 N–H and O–H groups in total. The predicted molar refractivity (Wildman–Crippen MR) is 230 cm³/mol. The average molecular weight is 731 g/mol. The second kappa shape index (κ2) is 12.3. The Morgan fingerprint density at radius 1 is 0.333 bits per heavy atom. The first kappa shape index (κ1) is 31.5. The van der Waals surface area contributed by atoms with Crippen LogP contribution in [-0.2, 0) is 0 Å². The molecule has 6 heteroatoms. The summed E-state index contributed by atoms with van der Waals surface area (Å²) in [5, 5.41) is 6.51. The fourth-order valence-corrected chi connectivity index (χ4v) is 8.45. The molecule has 266 valence electrons. The molecule has 12 aromatic rings. The van der Waals surface area contributed by atoms with Crippen LogP contribution in [0.25, 0.3) is 117 Å². The zero-order valence-corrected chi connectivity index (χ0v) is 30.4. The lowest BCUT2D eigenvalue weighted by Gasteiger charge is -2.10. The van der Waals surface area contributed by atoms with Gasteiger partial charge in [0.05, 0.1) is 27.5 Å². The molecule has 6 nitrogen and oxygen atoms in total. The fraction of sp³-hybridized carbons (Fsp3) is 0. The number of hydrogen-bond donors (Lipinski definition) is 0. The van der Waals surface area contributed by atoms with Crippen molar-refractivity contribution in [3.8, 4) is 51.0 Å². The van der Waals surface area contributed by atoms with E-state index in [4.69, 9.17) is 23.8 Å². The van der Waals surface area contributed by atoms with Gasteiger partial charge in [0, 0.05) is 38.2 Å². The molecule has 0 bridgehead atoms. The molecule has 0 saturated heterocycles. The third-order valence-corrected chi connectivity index (χ3v) is 11.0. The van der Waals surface area contributed by atoms with Crippen molar-refractivity contribution in [2.75, 3.05) is 0 Å². The molecule has 0 aliphatic heterocycles. The lowest BCUT2D eigenvalue weighted by molar-refractivity contribution is 0.669. The minimum atomic E-state index is 0.573. The van der Waals surface area contributed by atoms with E-state index in [-0.39, 0.29) is 0 Å². The molecule has 4 heterocycles. The Morgan fingerprint density at radius 2 is 0.947 bits per heavy atom. The Labute approximate surface area is 325 Å². The molecular formula is C51H30N4O2. The summed E-state index contributed by atoms with van der Waals surface area (Å²) in [6.07, 6.45) is 0. The zero-order valence-electron chi connectivity index (χ0n) is 30.4. The van der Waals surface area contributed by atoms with Gasteiger partial charge in [-0.05, 0) is 65.7 Å². The second-order valence-electron chi connectivity index (χ2n) is 14.4. The van der Waals surface area contributed by atoms with Crippen molar-refractivity contribution in [3.63, 3.8) is 0 Å². The van der Waals surface area contributed by atoms with Crippen molar-refractivity contribution in [2.24, 2.45) is 0 Å². The number of fused-ring (bicyclic) bond motifs is 10. The first-order chi connectivity index (χ1) is 28.2. The molecule has 0 amide bonds. The van der Waals surface area contributed by atoms with Crippen LogP contribution in [0.3, 0.4) is 0 Å².